The summed E-state index contributed by atoms with van der Waals surface area (Å²) < 4.78 is 14.8. The van der Waals surface area contributed by atoms with Crippen LogP contribution in [0.1, 0.15) is 0 Å². The Balaban J connectivity index is 2.23. The maximum atomic E-state index is 11.4. The number of ether oxygens (including phenoxy) is 3. The Morgan fingerprint density at radius 2 is 1.31 bits per heavy atom. The van der Waals surface area contributed by atoms with Gasteiger partial charge in [-0.2, -0.15) is 0 Å². The Labute approximate surface area is 177 Å². The second-order valence-electron chi connectivity index (χ2n) is 5.26. The van der Waals surface area contributed by atoms with Gasteiger partial charge in [-0.1, -0.05) is 18.2 Å². The Kier molecular flexibility index (Phi) is 8.12. The van der Waals surface area contributed by atoms with Crippen LogP contribution in [0.25, 0.3) is 0 Å². The number of methoxy groups -OCH3 is 2. The molecule has 0 fully saturated rings. The number of alkyl carbamates (subject to hydrolysis) is 2. The molecule has 0 atom stereocenters. The van der Waals surface area contributed by atoms with Crippen molar-refractivity contribution in [3.63, 3.8) is 0 Å². The average Bonchev–Trinajstić information content (AvgIpc) is 2.70. The number of nitrogens with one attached hydrogen (secondary N) is 4. The van der Waals surface area contributed by atoms with Crippen molar-refractivity contribution >= 4 is 58.2 Å². The van der Waals surface area contributed by atoms with Gasteiger partial charge in [-0.15, -0.1) is 0 Å². The highest BCUT2D eigenvalue weighted by atomic mass is 32.1. The van der Waals surface area contributed by atoms with Gasteiger partial charge in [-0.05, 0) is 48.7 Å². The molecule has 0 spiro atoms. The number of anilines is 2. The van der Waals surface area contributed by atoms with Crippen molar-refractivity contribution in [1.82, 2.24) is 10.6 Å². The van der Waals surface area contributed by atoms with Gasteiger partial charge in [0.05, 0.1) is 25.6 Å². The van der Waals surface area contributed by atoms with Crippen molar-refractivity contribution in [3.8, 4) is 11.5 Å². The first-order valence-corrected chi connectivity index (χ1v) is 8.91. The third kappa shape index (κ3) is 7.24. The van der Waals surface area contributed by atoms with Crippen LogP contribution in [0.3, 0.4) is 0 Å². The lowest BCUT2D eigenvalue weighted by molar-refractivity contribution is 0.176. The van der Waals surface area contributed by atoms with Gasteiger partial charge >= 0.3 is 12.2 Å². The molecular formula is C18H18N4O5S2. The number of rotatable bonds is 4. The number of para-hydroxylation sites is 1. The van der Waals surface area contributed by atoms with E-state index in [1.54, 1.807) is 30.3 Å². The maximum Gasteiger partial charge on any atom is 0.413 e. The summed E-state index contributed by atoms with van der Waals surface area (Å²) in [6.45, 7) is 0. The molecule has 29 heavy (non-hydrogen) atoms. The zero-order chi connectivity index (χ0) is 21.2. The van der Waals surface area contributed by atoms with Crippen LogP contribution in [-0.4, -0.2) is 36.6 Å². The van der Waals surface area contributed by atoms with E-state index in [1.807, 2.05) is 18.2 Å². The van der Waals surface area contributed by atoms with Crippen LogP contribution in [0.5, 0.6) is 11.5 Å². The predicted molar refractivity (Wildman–Crippen MR) is 116 cm³/mol. The highest BCUT2D eigenvalue weighted by molar-refractivity contribution is 7.80. The molecule has 2 aromatic carbocycles. The molecule has 0 heterocycles. The third-order valence-electron chi connectivity index (χ3n) is 3.27. The number of hydrogen-bond donors (Lipinski definition) is 4. The molecule has 4 N–H and O–H groups in total. The second kappa shape index (κ2) is 10.8. The molecule has 11 heteroatoms. The van der Waals surface area contributed by atoms with Gasteiger partial charge in [0, 0.05) is 6.07 Å². The summed E-state index contributed by atoms with van der Waals surface area (Å²) in [7, 11) is 2.44. The molecular weight excluding hydrogens is 416 g/mol. The molecule has 0 unspecified atom stereocenters. The van der Waals surface area contributed by atoms with Gasteiger partial charge in [0.1, 0.15) is 11.5 Å². The Morgan fingerprint density at radius 1 is 0.759 bits per heavy atom. The first-order valence-electron chi connectivity index (χ1n) is 8.10. The van der Waals surface area contributed by atoms with Gasteiger partial charge in [-0.3, -0.25) is 10.6 Å². The SMILES string of the molecule is COC(=O)NC(=S)Nc1ccc(Oc2ccccc2)cc1NC(=S)NC(=O)OC. The molecule has 0 bridgehead atoms. The fourth-order valence-corrected chi connectivity index (χ4v) is 2.41. The number of carbonyl (C=O) groups excluding carboxylic acids is 2. The minimum Gasteiger partial charge on any atom is -0.457 e. The molecule has 2 amide bonds. The Bertz CT molecular complexity index is 908. The number of thiocarbonyl (C=S) groups is 2. The van der Waals surface area contributed by atoms with E-state index in [4.69, 9.17) is 29.2 Å². The monoisotopic (exact) mass is 434 g/mol. The van der Waals surface area contributed by atoms with E-state index >= 15 is 0 Å². The molecule has 0 aliphatic heterocycles. The van der Waals surface area contributed by atoms with Crippen LogP contribution in [-0.2, 0) is 9.47 Å². The van der Waals surface area contributed by atoms with E-state index in [2.05, 4.69) is 30.7 Å². The van der Waals surface area contributed by atoms with Crippen LogP contribution in [0.15, 0.2) is 48.5 Å². The fraction of sp³-hybridized carbons (Fsp3) is 0.111. The van der Waals surface area contributed by atoms with Crippen molar-refractivity contribution in [2.24, 2.45) is 0 Å². The number of amides is 2. The van der Waals surface area contributed by atoms with Crippen LogP contribution < -0.4 is 26.0 Å². The maximum absolute atomic E-state index is 11.4. The minimum absolute atomic E-state index is 0.00322. The normalized spacial score (nSPS) is 9.59. The van der Waals surface area contributed by atoms with E-state index in [9.17, 15) is 9.59 Å². The van der Waals surface area contributed by atoms with E-state index in [0.29, 0.717) is 22.9 Å². The fourth-order valence-electron chi connectivity index (χ4n) is 2.02. The quantitative estimate of drug-likeness (QED) is 0.537. The molecule has 152 valence electrons. The van der Waals surface area contributed by atoms with E-state index < -0.39 is 12.2 Å². The summed E-state index contributed by atoms with van der Waals surface area (Å²) in [6.07, 6.45) is -1.44. The van der Waals surface area contributed by atoms with Crippen molar-refractivity contribution in [3.05, 3.63) is 48.5 Å². The molecule has 2 rings (SSSR count). The molecule has 0 aliphatic rings. The summed E-state index contributed by atoms with van der Waals surface area (Å²) >= 11 is 10.2. The van der Waals surface area contributed by atoms with Gasteiger partial charge in [-0.25, -0.2) is 9.59 Å². The van der Waals surface area contributed by atoms with E-state index in [0.717, 1.165) is 0 Å². The minimum atomic E-state index is -0.725. The van der Waals surface area contributed by atoms with Gasteiger partial charge in [0.15, 0.2) is 10.2 Å². The van der Waals surface area contributed by atoms with E-state index in [1.165, 1.54) is 14.2 Å². The summed E-state index contributed by atoms with van der Waals surface area (Å²) in [4.78, 5) is 22.7. The summed E-state index contributed by atoms with van der Waals surface area (Å²) in [6, 6.07) is 14.2. The molecule has 2 aromatic rings. The lowest BCUT2D eigenvalue weighted by atomic mass is 10.2. The zero-order valence-electron chi connectivity index (χ0n) is 15.5. The molecule has 0 saturated heterocycles. The smallest absolute Gasteiger partial charge is 0.413 e. The van der Waals surface area contributed by atoms with Crippen molar-refractivity contribution in [1.29, 1.82) is 0 Å². The first kappa shape index (κ1) is 21.9. The van der Waals surface area contributed by atoms with Crippen LogP contribution in [0.2, 0.25) is 0 Å². The van der Waals surface area contributed by atoms with Gasteiger partial charge in [0.2, 0.25) is 0 Å². The van der Waals surface area contributed by atoms with Crippen molar-refractivity contribution < 1.29 is 23.8 Å². The first-order chi connectivity index (χ1) is 13.9. The summed E-state index contributed by atoms with van der Waals surface area (Å²) in [5.74, 6) is 1.13. The Morgan fingerprint density at radius 3 is 1.86 bits per heavy atom. The topological polar surface area (TPSA) is 110 Å². The highest BCUT2D eigenvalue weighted by Gasteiger charge is 2.12. The second-order valence-corrected chi connectivity index (χ2v) is 6.08. The third-order valence-corrected chi connectivity index (χ3v) is 3.68. The van der Waals surface area contributed by atoms with Crippen LogP contribution >= 0.6 is 24.4 Å². The molecule has 0 saturated carbocycles. The molecule has 0 aliphatic carbocycles. The molecule has 0 radical (unpaired) electrons. The van der Waals surface area contributed by atoms with Crippen LogP contribution in [0.4, 0.5) is 21.0 Å². The zero-order valence-corrected chi connectivity index (χ0v) is 17.1. The van der Waals surface area contributed by atoms with Crippen molar-refractivity contribution in [2.45, 2.75) is 0 Å². The molecule has 0 aromatic heterocycles. The van der Waals surface area contributed by atoms with Crippen LogP contribution in [0, 0.1) is 0 Å². The number of benzene rings is 2. The Hall–Kier alpha value is -3.44. The van der Waals surface area contributed by atoms with Gasteiger partial charge < -0.3 is 24.8 Å². The average molecular weight is 434 g/mol. The predicted octanol–water partition coefficient (Wildman–Crippen LogP) is 3.58. The largest absolute Gasteiger partial charge is 0.457 e. The van der Waals surface area contributed by atoms with Gasteiger partial charge in [0.25, 0.3) is 0 Å². The number of hydrogen-bond acceptors (Lipinski definition) is 7. The van der Waals surface area contributed by atoms with E-state index in [-0.39, 0.29) is 10.2 Å². The lowest BCUT2D eigenvalue weighted by Crippen LogP contribution is -2.35. The van der Waals surface area contributed by atoms with Crippen molar-refractivity contribution in [2.75, 3.05) is 24.9 Å². The number of carbonyl (C=O) groups is 2. The summed E-state index contributed by atoms with van der Waals surface area (Å²) in [5, 5.41) is 10.3. The standard InChI is InChI=1S/C18H18N4O5S2/c1-25-17(23)21-15(28)19-13-9-8-12(27-11-6-4-3-5-7-11)10-14(13)20-16(29)22-18(24)26-2/h3-10H,1-2H3,(H2,19,21,23,28)(H2,20,22,24,29). The summed E-state index contributed by atoms with van der Waals surface area (Å²) in [5.41, 5.74) is 0.884. The highest BCUT2D eigenvalue weighted by Crippen LogP contribution is 2.30. The molecule has 9 nitrogen and oxygen atoms in total. The lowest BCUT2D eigenvalue weighted by Gasteiger charge is -2.17.